The molecule has 2 heterocycles. The van der Waals surface area contributed by atoms with Crippen LogP contribution in [0.5, 0.6) is 5.75 Å². The molecule has 16 heteroatoms. The molecule has 7 nitrogen and oxygen atoms in total. The summed E-state index contributed by atoms with van der Waals surface area (Å²) in [5.41, 5.74) is -0.446. The van der Waals surface area contributed by atoms with Crippen LogP contribution in [0.4, 0.5) is 36.6 Å². The number of nitrogens with one attached hydrogen (secondary N) is 1. The van der Waals surface area contributed by atoms with E-state index in [-0.39, 0.29) is 37.0 Å². The largest absolute Gasteiger partial charge is 0.482 e. The van der Waals surface area contributed by atoms with Crippen LogP contribution in [0.15, 0.2) is 23.2 Å². The molecule has 0 aliphatic heterocycles. The molecule has 0 fully saturated rings. The fourth-order valence-corrected chi connectivity index (χ4v) is 4.85. The maximum atomic E-state index is 14.2. The summed E-state index contributed by atoms with van der Waals surface area (Å²) < 4.78 is 127. The van der Waals surface area contributed by atoms with Gasteiger partial charge in [0.1, 0.15) is 16.5 Å². The van der Waals surface area contributed by atoms with Crippen molar-refractivity contribution in [3.8, 4) is 5.75 Å². The lowest BCUT2D eigenvalue weighted by Crippen LogP contribution is -2.34. The summed E-state index contributed by atoms with van der Waals surface area (Å²) in [4.78, 5) is 14.1. The van der Waals surface area contributed by atoms with Crippen LogP contribution in [0, 0.1) is 0 Å². The average Bonchev–Trinajstić information content (AvgIpc) is 3.27. The van der Waals surface area contributed by atoms with Gasteiger partial charge in [-0.25, -0.2) is 18.2 Å². The summed E-state index contributed by atoms with van der Waals surface area (Å²) in [7, 11) is -4.08. The van der Waals surface area contributed by atoms with E-state index in [1.165, 1.54) is 13.8 Å². The van der Waals surface area contributed by atoms with E-state index in [1.54, 1.807) is 0 Å². The zero-order valence-corrected chi connectivity index (χ0v) is 22.6. The van der Waals surface area contributed by atoms with Crippen LogP contribution in [0.25, 0.3) is 0 Å². The Morgan fingerprint density at radius 2 is 1.71 bits per heavy atom. The normalized spacial score (nSPS) is 12.4. The van der Waals surface area contributed by atoms with Crippen molar-refractivity contribution in [2.75, 3.05) is 24.3 Å². The van der Waals surface area contributed by atoms with Gasteiger partial charge in [0.2, 0.25) is 0 Å². The van der Waals surface area contributed by atoms with Gasteiger partial charge in [0, 0.05) is 19.3 Å². The Morgan fingerprint density at radius 1 is 1.11 bits per heavy atom. The molecule has 0 aliphatic carbocycles. The molecule has 0 aromatic carbocycles. The third-order valence-electron chi connectivity index (χ3n) is 4.53. The highest BCUT2D eigenvalue weighted by Gasteiger charge is 2.55. The van der Waals surface area contributed by atoms with Gasteiger partial charge in [-0.1, -0.05) is 20.8 Å². The Morgan fingerprint density at radius 3 is 2.21 bits per heavy atom. The molecule has 2 aromatic heterocycles. The second-order valence-electron chi connectivity index (χ2n) is 7.31. The number of nitrogens with zero attached hydrogens (tertiary/aromatic N) is 1. The molecule has 0 aliphatic rings. The number of rotatable bonds is 11. The zero-order valence-electron chi connectivity index (χ0n) is 21.0. The average molecular weight is 599 g/mol. The Balaban J connectivity index is 0.00000470. The fourth-order valence-electron chi connectivity index (χ4n) is 2.67. The highest BCUT2D eigenvalue weighted by atomic mass is 32.2. The van der Waals surface area contributed by atoms with Crippen molar-refractivity contribution in [3.63, 3.8) is 0 Å². The number of hydrogen-bond acceptors (Lipinski definition) is 8. The predicted octanol–water partition coefficient (Wildman–Crippen LogP) is 6.69. The molecular weight excluding hydrogens is 569 g/mol. The second kappa shape index (κ2) is 13.0. The summed E-state index contributed by atoms with van der Waals surface area (Å²) in [6.07, 6.45) is -3.89. The van der Waals surface area contributed by atoms with Crippen LogP contribution in [0.2, 0.25) is 0 Å². The van der Waals surface area contributed by atoms with Crippen LogP contribution in [0.1, 0.15) is 56.2 Å². The smallest absolute Gasteiger partial charge is 0.422 e. The molecule has 0 amide bonds. The van der Waals surface area contributed by atoms with Crippen molar-refractivity contribution in [2.45, 2.75) is 64.1 Å². The van der Waals surface area contributed by atoms with E-state index in [1.807, 2.05) is 13.8 Å². The van der Waals surface area contributed by atoms with Crippen molar-refractivity contribution >= 4 is 33.0 Å². The standard InChI is InChI=1S/C20H21F7N2O5S2.C2H6.H2/c1-4-33-17(30)12-7-15(20(26,27)18(3,21)22)35-13(12)9-29-16-14(36(31,32)5-2)6-11(8-28-16)34-10-19(23,24)25;1-2;/h6-8H,4-5,9-10H2,1-3H3,(H,28,29);1-2H3;1H. The van der Waals surface area contributed by atoms with Gasteiger partial charge in [-0.2, -0.15) is 30.7 Å². The third-order valence-corrected chi connectivity index (χ3v) is 7.47. The highest BCUT2D eigenvalue weighted by molar-refractivity contribution is 7.91. The van der Waals surface area contributed by atoms with Crippen molar-refractivity contribution in [1.82, 2.24) is 4.98 Å². The lowest BCUT2D eigenvalue weighted by atomic mass is 10.1. The van der Waals surface area contributed by atoms with Gasteiger partial charge in [0.15, 0.2) is 16.4 Å². The summed E-state index contributed by atoms with van der Waals surface area (Å²) in [5.74, 6) is -11.5. The quantitative estimate of drug-likeness (QED) is 0.228. The second-order valence-corrected chi connectivity index (χ2v) is 10.7. The Hall–Kier alpha value is -2.62. The minimum Gasteiger partial charge on any atom is -0.482 e. The van der Waals surface area contributed by atoms with Crippen molar-refractivity contribution in [3.05, 3.63) is 33.6 Å². The molecule has 218 valence electrons. The van der Waals surface area contributed by atoms with Gasteiger partial charge < -0.3 is 14.8 Å². The summed E-state index contributed by atoms with van der Waals surface area (Å²) in [5, 5.41) is 2.51. The minimum atomic E-state index is -4.70. The number of esters is 1. The topological polar surface area (TPSA) is 94.6 Å². The van der Waals surface area contributed by atoms with Crippen LogP contribution >= 0.6 is 11.3 Å². The number of halogens is 7. The maximum absolute atomic E-state index is 14.2. The first-order valence-corrected chi connectivity index (χ1v) is 13.6. The van der Waals surface area contributed by atoms with E-state index in [2.05, 4.69) is 15.0 Å². The number of ether oxygens (including phenoxy) is 2. The Bertz CT molecular complexity index is 1200. The van der Waals surface area contributed by atoms with E-state index >= 15 is 0 Å². The molecule has 0 radical (unpaired) electrons. The number of anilines is 1. The monoisotopic (exact) mass is 598 g/mol. The molecule has 38 heavy (non-hydrogen) atoms. The van der Waals surface area contributed by atoms with Crippen LogP contribution in [-0.4, -0.2) is 50.4 Å². The molecule has 0 saturated carbocycles. The van der Waals surface area contributed by atoms with Crippen LogP contribution < -0.4 is 10.1 Å². The van der Waals surface area contributed by atoms with Gasteiger partial charge in [0.05, 0.1) is 35.5 Å². The number of sulfone groups is 1. The van der Waals surface area contributed by atoms with Crippen molar-refractivity contribution in [1.29, 1.82) is 0 Å². The number of aromatic nitrogens is 1. The molecule has 0 saturated heterocycles. The molecule has 2 aromatic rings. The zero-order chi connectivity index (χ0) is 29.5. The Labute approximate surface area is 220 Å². The first-order chi connectivity index (χ1) is 17.4. The molecule has 0 atom stereocenters. The number of carbonyl (C=O) groups is 1. The number of carbonyl (C=O) groups excluding carboxylic acids is 1. The predicted molar refractivity (Wildman–Crippen MR) is 129 cm³/mol. The number of alkyl halides is 7. The first-order valence-electron chi connectivity index (χ1n) is 11.1. The van der Waals surface area contributed by atoms with E-state index in [0.29, 0.717) is 6.07 Å². The van der Waals surface area contributed by atoms with E-state index < -0.39 is 73.8 Å². The highest BCUT2D eigenvalue weighted by Crippen LogP contribution is 2.46. The third kappa shape index (κ3) is 8.44. The van der Waals surface area contributed by atoms with Crippen LogP contribution in [-0.2, 0) is 27.0 Å². The lowest BCUT2D eigenvalue weighted by Gasteiger charge is -2.21. The molecular formula is C22H29F7N2O5S2. The van der Waals surface area contributed by atoms with Crippen LogP contribution in [0.3, 0.4) is 0 Å². The number of hydrogen-bond donors (Lipinski definition) is 1. The van der Waals surface area contributed by atoms with Gasteiger partial charge in [-0.3, -0.25) is 0 Å². The summed E-state index contributed by atoms with van der Waals surface area (Å²) in [6.45, 7) is 4.35. The molecule has 1 N–H and O–H groups in total. The van der Waals surface area contributed by atoms with E-state index in [0.717, 1.165) is 12.3 Å². The molecule has 0 bridgehead atoms. The van der Waals surface area contributed by atoms with Crippen molar-refractivity contribution < 1.29 is 54.8 Å². The van der Waals surface area contributed by atoms with Gasteiger partial charge in [0.25, 0.3) is 0 Å². The summed E-state index contributed by atoms with van der Waals surface area (Å²) >= 11 is 0.180. The molecule has 0 spiro atoms. The number of pyridine rings is 1. The number of thiophene rings is 1. The minimum absolute atomic E-state index is 0. The molecule has 0 unspecified atom stereocenters. The lowest BCUT2D eigenvalue weighted by molar-refractivity contribution is -0.202. The summed E-state index contributed by atoms with van der Waals surface area (Å²) in [6, 6.07) is 1.38. The maximum Gasteiger partial charge on any atom is 0.422 e. The first kappa shape index (κ1) is 33.4. The van der Waals surface area contributed by atoms with Gasteiger partial charge in [-0.05, 0) is 13.0 Å². The van der Waals surface area contributed by atoms with Gasteiger partial charge >= 0.3 is 24.0 Å². The fraction of sp³-hybridized carbons (Fsp3) is 0.545. The SMILES string of the molecule is CC.CCOC(=O)c1cc(C(F)(F)C(C)(F)F)sc1CNc1ncc(OCC(F)(F)F)cc1S(=O)(=O)CC.[HH]. The Kier molecular flexibility index (Phi) is 11.4. The van der Waals surface area contributed by atoms with Gasteiger partial charge in [-0.15, -0.1) is 11.3 Å². The van der Waals surface area contributed by atoms with Crippen molar-refractivity contribution in [2.24, 2.45) is 0 Å². The molecule has 2 rings (SSSR count). The van der Waals surface area contributed by atoms with E-state index in [4.69, 9.17) is 4.74 Å². The van der Waals surface area contributed by atoms with E-state index in [9.17, 15) is 43.9 Å².